The van der Waals surface area contributed by atoms with E-state index in [4.69, 9.17) is 9.84 Å². The van der Waals surface area contributed by atoms with Crippen molar-refractivity contribution >= 4 is 5.97 Å². The van der Waals surface area contributed by atoms with Crippen molar-refractivity contribution in [2.24, 2.45) is 0 Å². The molecular weight excluding hydrogens is 134 g/mol. The van der Waals surface area contributed by atoms with Gasteiger partial charge in [0.05, 0.1) is 6.10 Å². The summed E-state index contributed by atoms with van der Waals surface area (Å²) >= 11 is 0. The monoisotopic (exact) mass is 147 g/mol. The van der Waals surface area contributed by atoms with Gasteiger partial charge in [0.1, 0.15) is 6.04 Å². The summed E-state index contributed by atoms with van der Waals surface area (Å²) in [4.78, 5) is 10.4. The number of ether oxygens (including phenoxy) is 1. The van der Waals surface area contributed by atoms with Crippen LogP contribution in [0.1, 0.15) is 6.92 Å². The van der Waals surface area contributed by atoms with Crippen molar-refractivity contribution in [2.75, 3.05) is 14.2 Å². The summed E-state index contributed by atoms with van der Waals surface area (Å²) in [7, 11) is 3.08. The van der Waals surface area contributed by atoms with Gasteiger partial charge in [-0.2, -0.15) is 0 Å². The lowest BCUT2D eigenvalue weighted by atomic mass is 10.2. The molecule has 0 saturated carbocycles. The highest BCUT2D eigenvalue weighted by Crippen LogP contribution is 1.95. The molecule has 0 fully saturated rings. The molecule has 1 unspecified atom stereocenters. The molecule has 0 rings (SSSR count). The summed E-state index contributed by atoms with van der Waals surface area (Å²) in [5.41, 5.74) is 0. The Labute approximate surface area is 60.2 Å². The first-order chi connectivity index (χ1) is 4.63. The highest BCUT2D eigenvalue weighted by Gasteiger charge is 2.21. The third kappa shape index (κ3) is 2.33. The van der Waals surface area contributed by atoms with Gasteiger partial charge < -0.3 is 15.2 Å². The minimum atomic E-state index is -0.892. The van der Waals surface area contributed by atoms with E-state index in [2.05, 4.69) is 5.32 Å². The van der Waals surface area contributed by atoms with Crippen molar-refractivity contribution in [1.82, 2.24) is 5.32 Å². The maximum absolute atomic E-state index is 10.4. The van der Waals surface area contributed by atoms with Crippen LogP contribution >= 0.6 is 0 Å². The quantitative estimate of drug-likeness (QED) is 0.573. The van der Waals surface area contributed by atoms with E-state index in [9.17, 15) is 4.79 Å². The van der Waals surface area contributed by atoms with Crippen molar-refractivity contribution in [3.8, 4) is 0 Å². The number of carbonyl (C=O) groups is 1. The molecule has 0 saturated heterocycles. The smallest absolute Gasteiger partial charge is 0.323 e. The maximum Gasteiger partial charge on any atom is 0.323 e. The lowest BCUT2D eigenvalue weighted by Gasteiger charge is -2.17. The van der Waals surface area contributed by atoms with E-state index >= 15 is 0 Å². The molecule has 0 spiro atoms. The molecule has 2 N–H and O–H groups in total. The van der Waals surface area contributed by atoms with Gasteiger partial charge in [0.15, 0.2) is 0 Å². The van der Waals surface area contributed by atoms with Crippen molar-refractivity contribution in [1.29, 1.82) is 0 Å². The molecule has 4 nitrogen and oxygen atoms in total. The summed E-state index contributed by atoms with van der Waals surface area (Å²) in [5.74, 6) is -0.892. The number of likely N-dealkylation sites (N-methyl/N-ethyl adjacent to an activating group) is 1. The molecule has 0 aliphatic heterocycles. The Morgan fingerprint density at radius 3 is 2.30 bits per heavy atom. The molecule has 0 aliphatic rings. The minimum absolute atomic E-state index is 0.303. The topological polar surface area (TPSA) is 58.6 Å². The number of carboxylic acid groups (broad SMARTS) is 1. The molecular formula is C6H13NO3. The molecule has 0 aliphatic carbocycles. The average Bonchev–Trinajstić information content (AvgIpc) is 1.88. The van der Waals surface area contributed by atoms with Gasteiger partial charge in [-0.1, -0.05) is 0 Å². The van der Waals surface area contributed by atoms with Crippen molar-refractivity contribution < 1.29 is 14.6 Å². The molecule has 0 bridgehead atoms. The van der Waals surface area contributed by atoms with E-state index in [0.29, 0.717) is 0 Å². The van der Waals surface area contributed by atoms with Crippen LogP contribution in [0.5, 0.6) is 0 Å². The zero-order chi connectivity index (χ0) is 8.15. The first-order valence-corrected chi connectivity index (χ1v) is 3.06. The number of hydrogen-bond acceptors (Lipinski definition) is 3. The number of rotatable bonds is 4. The Hall–Kier alpha value is -0.610. The summed E-state index contributed by atoms with van der Waals surface area (Å²) in [5, 5.41) is 11.2. The fraction of sp³-hybridized carbons (Fsp3) is 0.833. The second-order valence-corrected chi connectivity index (χ2v) is 2.05. The number of hydrogen-bond donors (Lipinski definition) is 2. The van der Waals surface area contributed by atoms with E-state index < -0.39 is 12.0 Å². The highest BCUT2D eigenvalue weighted by atomic mass is 16.5. The maximum atomic E-state index is 10.4. The van der Waals surface area contributed by atoms with Crippen molar-refractivity contribution in [3.63, 3.8) is 0 Å². The lowest BCUT2D eigenvalue weighted by Crippen LogP contribution is -2.43. The van der Waals surface area contributed by atoms with Gasteiger partial charge in [-0.15, -0.1) is 0 Å². The van der Waals surface area contributed by atoms with Crippen molar-refractivity contribution in [2.45, 2.75) is 19.1 Å². The normalized spacial score (nSPS) is 16.3. The SMILES string of the molecule is CNC(C(=O)O)[C@H](C)OC. The van der Waals surface area contributed by atoms with Gasteiger partial charge in [-0.3, -0.25) is 4.79 Å². The van der Waals surface area contributed by atoms with Crippen LogP contribution in [-0.2, 0) is 9.53 Å². The van der Waals surface area contributed by atoms with Crippen LogP contribution in [0.2, 0.25) is 0 Å². The third-order valence-electron chi connectivity index (χ3n) is 1.42. The molecule has 0 heterocycles. The molecule has 0 radical (unpaired) electrons. The van der Waals surface area contributed by atoms with E-state index in [1.807, 2.05) is 0 Å². The Bertz CT molecular complexity index is 116. The second kappa shape index (κ2) is 4.24. The number of nitrogens with one attached hydrogen (secondary N) is 1. The summed E-state index contributed by atoms with van der Waals surface area (Å²) < 4.78 is 4.82. The van der Waals surface area contributed by atoms with Crippen LogP contribution in [0.4, 0.5) is 0 Å². The highest BCUT2D eigenvalue weighted by molar-refractivity contribution is 5.74. The van der Waals surface area contributed by atoms with E-state index in [-0.39, 0.29) is 6.10 Å². The van der Waals surface area contributed by atoms with Gasteiger partial charge in [0, 0.05) is 7.11 Å². The standard InChI is InChI=1S/C6H13NO3/c1-4(10-3)5(7-2)6(8)9/h4-5,7H,1-3H3,(H,8,9)/t4-,5?/m0/s1. The van der Waals surface area contributed by atoms with Crippen LogP contribution in [0, 0.1) is 0 Å². The average molecular weight is 147 g/mol. The molecule has 0 aromatic carbocycles. The van der Waals surface area contributed by atoms with E-state index in [1.54, 1.807) is 14.0 Å². The molecule has 0 aromatic heterocycles. The predicted molar refractivity (Wildman–Crippen MR) is 37.0 cm³/mol. The Kier molecular flexibility index (Phi) is 3.99. The molecule has 4 heteroatoms. The molecule has 10 heavy (non-hydrogen) atoms. The lowest BCUT2D eigenvalue weighted by molar-refractivity contribution is -0.142. The van der Waals surface area contributed by atoms with E-state index in [0.717, 1.165) is 0 Å². The number of methoxy groups -OCH3 is 1. The predicted octanol–water partition coefficient (Wildman–Crippen LogP) is -0.306. The zero-order valence-corrected chi connectivity index (χ0v) is 6.42. The van der Waals surface area contributed by atoms with Gasteiger partial charge in [-0.25, -0.2) is 0 Å². The van der Waals surface area contributed by atoms with Gasteiger partial charge in [0.25, 0.3) is 0 Å². The van der Waals surface area contributed by atoms with Gasteiger partial charge >= 0.3 is 5.97 Å². The first-order valence-electron chi connectivity index (χ1n) is 3.06. The number of aliphatic carboxylic acids is 1. The summed E-state index contributed by atoms with van der Waals surface area (Å²) in [6.07, 6.45) is -0.303. The zero-order valence-electron chi connectivity index (χ0n) is 6.42. The minimum Gasteiger partial charge on any atom is -0.480 e. The Morgan fingerprint density at radius 1 is 1.70 bits per heavy atom. The van der Waals surface area contributed by atoms with Crippen LogP contribution in [-0.4, -0.2) is 37.4 Å². The fourth-order valence-corrected chi connectivity index (χ4v) is 0.695. The second-order valence-electron chi connectivity index (χ2n) is 2.05. The molecule has 0 amide bonds. The molecule has 0 aromatic rings. The molecule has 2 atom stereocenters. The molecule has 60 valence electrons. The third-order valence-corrected chi connectivity index (χ3v) is 1.42. The Balaban J connectivity index is 3.92. The summed E-state index contributed by atoms with van der Waals surface area (Å²) in [6, 6.07) is -0.620. The van der Waals surface area contributed by atoms with Crippen LogP contribution in [0.15, 0.2) is 0 Å². The summed E-state index contributed by atoms with van der Waals surface area (Å²) in [6.45, 7) is 1.70. The number of carboxylic acids is 1. The van der Waals surface area contributed by atoms with Crippen LogP contribution in [0.25, 0.3) is 0 Å². The first kappa shape index (κ1) is 9.39. The van der Waals surface area contributed by atoms with Gasteiger partial charge in [0.2, 0.25) is 0 Å². The Morgan fingerprint density at radius 2 is 2.20 bits per heavy atom. The van der Waals surface area contributed by atoms with Crippen molar-refractivity contribution in [3.05, 3.63) is 0 Å². The van der Waals surface area contributed by atoms with Crippen LogP contribution in [0.3, 0.4) is 0 Å². The van der Waals surface area contributed by atoms with Gasteiger partial charge in [-0.05, 0) is 14.0 Å². The van der Waals surface area contributed by atoms with E-state index in [1.165, 1.54) is 7.11 Å². The largest absolute Gasteiger partial charge is 0.480 e. The fourth-order valence-electron chi connectivity index (χ4n) is 0.695. The van der Waals surface area contributed by atoms with Crippen LogP contribution < -0.4 is 5.32 Å².